The van der Waals surface area contributed by atoms with E-state index in [1.54, 1.807) is 12.3 Å². The van der Waals surface area contributed by atoms with Crippen molar-refractivity contribution in [2.75, 3.05) is 24.6 Å². The number of carbonyl (C=O) groups is 1. The van der Waals surface area contributed by atoms with Gasteiger partial charge in [-0.15, -0.1) is 0 Å². The number of pyridine rings is 1. The van der Waals surface area contributed by atoms with Gasteiger partial charge < -0.3 is 4.90 Å². The fourth-order valence-corrected chi connectivity index (χ4v) is 2.56. The Morgan fingerprint density at radius 3 is 2.87 bits per heavy atom. The Morgan fingerprint density at radius 2 is 2.20 bits per heavy atom. The van der Waals surface area contributed by atoms with E-state index in [0.29, 0.717) is 10.6 Å². The molecule has 1 fully saturated rings. The van der Waals surface area contributed by atoms with E-state index in [4.69, 9.17) is 11.6 Å². The zero-order chi connectivity index (χ0) is 10.7. The molecule has 0 radical (unpaired) electrons. The average Bonchev–Trinajstić information content (AvgIpc) is 2.30. The van der Waals surface area contributed by atoms with Gasteiger partial charge in [0.2, 0.25) is 0 Å². The van der Waals surface area contributed by atoms with Crippen LogP contribution < -0.4 is 0 Å². The molecular weight excluding hydrogens is 232 g/mol. The van der Waals surface area contributed by atoms with Crippen molar-refractivity contribution < 1.29 is 4.79 Å². The second kappa shape index (κ2) is 4.86. The summed E-state index contributed by atoms with van der Waals surface area (Å²) >= 11 is 7.82. The summed E-state index contributed by atoms with van der Waals surface area (Å²) in [6.45, 7) is 1.60. The summed E-state index contributed by atoms with van der Waals surface area (Å²) in [6.07, 6.45) is 3.12. The molecule has 1 aliphatic heterocycles. The molecule has 1 aromatic rings. The highest BCUT2D eigenvalue weighted by molar-refractivity contribution is 7.99. The Labute approximate surface area is 97.8 Å². The van der Waals surface area contributed by atoms with Crippen molar-refractivity contribution in [2.24, 2.45) is 0 Å². The first-order valence-corrected chi connectivity index (χ1v) is 6.29. The molecule has 1 aliphatic rings. The Balaban J connectivity index is 2.16. The second-order valence-corrected chi connectivity index (χ2v) is 4.89. The van der Waals surface area contributed by atoms with Gasteiger partial charge in [0.15, 0.2) is 0 Å². The molecule has 0 bridgehead atoms. The van der Waals surface area contributed by atoms with Crippen molar-refractivity contribution in [3.05, 3.63) is 29.0 Å². The van der Waals surface area contributed by atoms with Gasteiger partial charge in [0.05, 0.1) is 10.6 Å². The number of thioether (sulfide) groups is 1. The van der Waals surface area contributed by atoms with Gasteiger partial charge in [0.1, 0.15) is 0 Å². The molecule has 1 saturated heterocycles. The standard InChI is InChI=1S/C10H11ClN2OS/c11-9-1-2-12-7-8(9)10(14)13-3-5-15-6-4-13/h1-2,7H,3-6H2. The lowest BCUT2D eigenvalue weighted by Gasteiger charge is -2.26. The van der Waals surface area contributed by atoms with Crippen LogP contribution in [-0.4, -0.2) is 40.4 Å². The molecule has 1 aromatic heterocycles. The third kappa shape index (κ3) is 2.44. The topological polar surface area (TPSA) is 33.2 Å². The van der Waals surface area contributed by atoms with E-state index >= 15 is 0 Å². The molecule has 0 N–H and O–H groups in total. The molecule has 0 spiro atoms. The molecular formula is C10H11ClN2OS. The molecule has 0 saturated carbocycles. The fourth-order valence-electron chi connectivity index (χ4n) is 1.47. The predicted molar refractivity (Wildman–Crippen MR) is 62.5 cm³/mol. The van der Waals surface area contributed by atoms with Crippen molar-refractivity contribution in [3.8, 4) is 0 Å². The van der Waals surface area contributed by atoms with E-state index in [1.165, 1.54) is 6.20 Å². The third-order valence-electron chi connectivity index (χ3n) is 2.30. The van der Waals surface area contributed by atoms with Crippen molar-refractivity contribution in [2.45, 2.75) is 0 Å². The van der Waals surface area contributed by atoms with E-state index in [2.05, 4.69) is 4.98 Å². The van der Waals surface area contributed by atoms with E-state index in [9.17, 15) is 4.79 Å². The summed E-state index contributed by atoms with van der Waals surface area (Å²) in [6, 6.07) is 1.65. The normalized spacial score (nSPS) is 16.5. The Morgan fingerprint density at radius 1 is 1.47 bits per heavy atom. The van der Waals surface area contributed by atoms with Crippen LogP contribution in [-0.2, 0) is 0 Å². The minimum atomic E-state index is -0.00611. The molecule has 0 atom stereocenters. The van der Waals surface area contributed by atoms with Crippen LogP contribution in [0.5, 0.6) is 0 Å². The van der Waals surface area contributed by atoms with Crippen LogP contribution in [0.4, 0.5) is 0 Å². The first-order chi connectivity index (χ1) is 7.29. The summed E-state index contributed by atoms with van der Waals surface area (Å²) < 4.78 is 0. The number of carbonyl (C=O) groups excluding carboxylic acids is 1. The number of amides is 1. The van der Waals surface area contributed by atoms with Crippen molar-refractivity contribution >= 4 is 29.3 Å². The molecule has 2 heterocycles. The van der Waals surface area contributed by atoms with Gasteiger partial charge >= 0.3 is 0 Å². The summed E-state index contributed by atoms with van der Waals surface area (Å²) in [7, 11) is 0. The van der Waals surface area contributed by atoms with Gasteiger partial charge in [-0.25, -0.2) is 0 Å². The largest absolute Gasteiger partial charge is 0.337 e. The van der Waals surface area contributed by atoms with E-state index in [0.717, 1.165) is 24.6 Å². The summed E-state index contributed by atoms with van der Waals surface area (Å²) in [5.41, 5.74) is 0.506. The molecule has 5 heteroatoms. The molecule has 15 heavy (non-hydrogen) atoms. The van der Waals surface area contributed by atoms with E-state index in [1.807, 2.05) is 16.7 Å². The molecule has 0 unspecified atom stereocenters. The number of halogens is 1. The van der Waals surface area contributed by atoms with E-state index in [-0.39, 0.29) is 5.91 Å². The van der Waals surface area contributed by atoms with Crippen LogP contribution >= 0.6 is 23.4 Å². The Kier molecular flexibility index (Phi) is 3.49. The van der Waals surface area contributed by atoms with Crippen LogP contribution in [0.3, 0.4) is 0 Å². The minimum Gasteiger partial charge on any atom is -0.337 e. The zero-order valence-electron chi connectivity index (χ0n) is 8.15. The lowest BCUT2D eigenvalue weighted by molar-refractivity contribution is 0.0772. The number of rotatable bonds is 1. The predicted octanol–water partition coefficient (Wildman–Crippen LogP) is 1.92. The minimum absolute atomic E-state index is 0.00611. The third-order valence-corrected chi connectivity index (χ3v) is 3.57. The van der Waals surface area contributed by atoms with Gasteiger partial charge in [0, 0.05) is 37.0 Å². The highest BCUT2D eigenvalue weighted by Gasteiger charge is 2.20. The summed E-state index contributed by atoms with van der Waals surface area (Å²) in [5.74, 6) is 2.00. The number of hydrogen-bond acceptors (Lipinski definition) is 3. The lowest BCUT2D eigenvalue weighted by Crippen LogP contribution is -2.38. The van der Waals surface area contributed by atoms with Gasteiger partial charge in [0.25, 0.3) is 5.91 Å². The number of nitrogens with zero attached hydrogens (tertiary/aromatic N) is 2. The second-order valence-electron chi connectivity index (χ2n) is 3.26. The van der Waals surface area contributed by atoms with Crippen molar-refractivity contribution in [1.82, 2.24) is 9.88 Å². The molecule has 2 rings (SSSR count). The summed E-state index contributed by atoms with van der Waals surface area (Å²) in [5, 5.41) is 0.480. The monoisotopic (exact) mass is 242 g/mol. The van der Waals surface area contributed by atoms with Crippen molar-refractivity contribution in [1.29, 1.82) is 0 Å². The molecule has 3 nitrogen and oxygen atoms in total. The first-order valence-electron chi connectivity index (χ1n) is 4.75. The van der Waals surface area contributed by atoms with Gasteiger partial charge in [-0.1, -0.05) is 11.6 Å². The highest BCUT2D eigenvalue weighted by Crippen LogP contribution is 2.18. The van der Waals surface area contributed by atoms with Crippen LogP contribution in [0, 0.1) is 0 Å². The lowest BCUT2D eigenvalue weighted by atomic mass is 10.2. The molecule has 1 amide bonds. The molecule has 0 aliphatic carbocycles. The van der Waals surface area contributed by atoms with Gasteiger partial charge in [-0.2, -0.15) is 11.8 Å². The van der Waals surface area contributed by atoms with Gasteiger partial charge in [-0.3, -0.25) is 9.78 Å². The maximum absolute atomic E-state index is 12.0. The quantitative estimate of drug-likeness (QED) is 0.755. The van der Waals surface area contributed by atoms with Crippen LogP contribution in [0.1, 0.15) is 10.4 Å². The van der Waals surface area contributed by atoms with E-state index < -0.39 is 0 Å². The number of aromatic nitrogens is 1. The maximum atomic E-state index is 12.0. The van der Waals surface area contributed by atoms with Crippen molar-refractivity contribution in [3.63, 3.8) is 0 Å². The first kappa shape index (κ1) is 10.8. The molecule has 0 aromatic carbocycles. The number of hydrogen-bond donors (Lipinski definition) is 0. The van der Waals surface area contributed by atoms with Crippen LogP contribution in [0.25, 0.3) is 0 Å². The SMILES string of the molecule is O=C(c1cnccc1Cl)N1CCSCC1. The average molecular weight is 243 g/mol. The summed E-state index contributed by atoms with van der Waals surface area (Å²) in [4.78, 5) is 17.8. The van der Waals surface area contributed by atoms with Crippen LogP contribution in [0.15, 0.2) is 18.5 Å². The smallest absolute Gasteiger partial charge is 0.256 e. The Hall–Kier alpha value is -0.740. The Bertz CT molecular complexity index is 366. The maximum Gasteiger partial charge on any atom is 0.256 e. The fraction of sp³-hybridized carbons (Fsp3) is 0.400. The van der Waals surface area contributed by atoms with Crippen LogP contribution in [0.2, 0.25) is 5.02 Å². The van der Waals surface area contributed by atoms with Gasteiger partial charge in [-0.05, 0) is 6.07 Å². The highest BCUT2D eigenvalue weighted by atomic mass is 35.5. The zero-order valence-corrected chi connectivity index (χ0v) is 9.72. The molecule has 80 valence electrons.